The number of hydrogen-bond acceptors (Lipinski definition) is 9. The highest BCUT2D eigenvalue weighted by molar-refractivity contribution is 5.85. The maximum atomic E-state index is 13.7. The Balaban J connectivity index is 1.60. The molecule has 0 bridgehead atoms. The van der Waals surface area contributed by atoms with Crippen molar-refractivity contribution in [1.29, 1.82) is 0 Å². The number of nitrogens with one attached hydrogen (secondary N) is 1. The van der Waals surface area contributed by atoms with Crippen LogP contribution in [0.15, 0.2) is 39.9 Å². The highest BCUT2D eigenvalue weighted by Gasteiger charge is 2.33. The average molecular weight is 462 g/mol. The molecule has 3 heterocycles. The van der Waals surface area contributed by atoms with E-state index < -0.39 is 0 Å². The number of rotatable bonds is 6. The second kappa shape index (κ2) is 8.53. The van der Waals surface area contributed by atoms with Crippen LogP contribution in [0.2, 0.25) is 0 Å². The molecule has 4 aromatic rings. The van der Waals surface area contributed by atoms with E-state index in [4.69, 9.17) is 10.3 Å². The van der Waals surface area contributed by atoms with E-state index in [1.54, 1.807) is 6.92 Å². The number of aliphatic hydroxyl groups is 1. The van der Waals surface area contributed by atoms with Gasteiger partial charge in [-0.2, -0.15) is 4.98 Å². The van der Waals surface area contributed by atoms with Gasteiger partial charge < -0.3 is 25.2 Å². The van der Waals surface area contributed by atoms with Crippen LogP contribution in [0.3, 0.4) is 0 Å². The molecular formula is C24H27N7O3. The molecule has 0 radical (unpaired) electrons. The number of anilines is 2. The zero-order chi connectivity index (χ0) is 24.0. The first-order valence-electron chi connectivity index (χ1n) is 11.3. The summed E-state index contributed by atoms with van der Waals surface area (Å²) >= 11 is 0. The molecule has 5 rings (SSSR count). The third-order valence-electron chi connectivity index (χ3n) is 6.57. The van der Waals surface area contributed by atoms with Crippen LogP contribution in [-0.4, -0.2) is 36.4 Å². The van der Waals surface area contributed by atoms with Gasteiger partial charge in [-0.15, -0.1) is 0 Å². The summed E-state index contributed by atoms with van der Waals surface area (Å²) in [6, 6.07) is 7.64. The van der Waals surface area contributed by atoms with E-state index in [0.29, 0.717) is 17.2 Å². The van der Waals surface area contributed by atoms with Crippen molar-refractivity contribution in [3.63, 3.8) is 0 Å². The summed E-state index contributed by atoms with van der Waals surface area (Å²) in [6.45, 7) is 5.77. The molecule has 0 unspecified atom stereocenters. The number of nitrogens with zero attached hydrogens (tertiary/aromatic N) is 5. The van der Waals surface area contributed by atoms with Crippen molar-refractivity contribution < 1.29 is 9.63 Å². The summed E-state index contributed by atoms with van der Waals surface area (Å²) in [4.78, 5) is 26.4. The van der Waals surface area contributed by atoms with E-state index in [0.717, 1.165) is 34.9 Å². The van der Waals surface area contributed by atoms with Gasteiger partial charge in [0.05, 0.1) is 11.4 Å². The third kappa shape index (κ3) is 3.69. The number of benzene rings is 1. The van der Waals surface area contributed by atoms with Crippen molar-refractivity contribution in [2.45, 2.75) is 45.7 Å². The van der Waals surface area contributed by atoms with Crippen LogP contribution in [0.5, 0.6) is 0 Å². The molecular weight excluding hydrogens is 434 g/mol. The maximum Gasteiger partial charge on any atom is 0.265 e. The molecule has 1 aliphatic rings. The smallest absolute Gasteiger partial charge is 0.265 e. The van der Waals surface area contributed by atoms with Gasteiger partial charge in [-0.25, -0.2) is 9.97 Å². The molecule has 176 valence electrons. The molecule has 0 amide bonds. The average Bonchev–Trinajstić information content (AvgIpc) is 3.20. The Bertz CT molecular complexity index is 1420. The Morgan fingerprint density at radius 2 is 2.09 bits per heavy atom. The summed E-state index contributed by atoms with van der Waals surface area (Å²) in [7, 11) is 0. The number of fused-ring (bicyclic) bond motifs is 1. The molecule has 0 spiro atoms. The second-order valence-electron chi connectivity index (χ2n) is 8.95. The van der Waals surface area contributed by atoms with Crippen molar-refractivity contribution in [2.75, 3.05) is 17.7 Å². The number of hydrogen-bond donors (Lipinski definition) is 3. The summed E-state index contributed by atoms with van der Waals surface area (Å²) in [6.07, 6.45) is 2.90. The first kappa shape index (κ1) is 22.0. The highest BCUT2D eigenvalue weighted by atomic mass is 16.5. The van der Waals surface area contributed by atoms with Crippen molar-refractivity contribution in [1.82, 2.24) is 24.7 Å². The SMILES string of the molecule is Cc1noc(-c2c(N)ncnc2N[C@@H](C)c2cc3cccc(C)c3c(=O)n2C2CC(CO)C2)n1. The lowest BCUT2D eigenvalue weighted by molar-refractivity contribution is 0.108. The van der Waals surface area contributed by atoms with Gasteiger partial charge in [0.1, 0.15) is 23.5 Å². The van der Waals surface area contributed by atoms with E-state index in [9.17, 15) is 9.90 Å². The van der Waals surface area contributed by atoms with E-state index in [-0.39, 0.29) is 41.9 Å². The summed E-state index contributed by atoms with van der Waals surface area (Å²) in [5.41, 5.74) is 8.31. The van der Waals surface area contributed by atoms with Gasteiger partial charge >= 0.3 is 0 Å². The van der Waals surface area contributed by atoms with Crippen molar-refractivity contribution >= 4 is 22.4 Å². The minimum atomic E-state index is -0.303. The molecule has 1 atom stereocenters. The molecule has 4 N–H and O–H groups in total. The number of nitrogen functional groups attached to an aromatic ring is 1. The number of nitrogens with two attached hydrogens (primary N) is 1. The van der Waals surface area contributed by atoms with Crippen molar-refractivity contribution in [2.24, 2.45) is 5.92 Å². The normalized spacial score (nSPS) is 18.6. The van der Waals surface area contributed by atoms with E-state index in [1.165, 1.54) is 6.33 Å². The predicted molar refractivity (Wildman–Crippen MR) is 128 cm³/mol. The Labute approximate surface area is 195 Å². The van der Waals surface area contributed by atoms with E-state index >= 15 is 0 Å². The Kier molecular flexibility index (Phi) is 5.52. The summed E-state index contributed by atoms with van der Waals surface area (Å²) in [5.74, 6) is 1.56. The van der Waals surface area contributed by atoms with Crippen LogP contribution >= 0.6 is 0 Å². The maximum absolute atomic E-state index is 13.7. The lowest BCUT2D eigenvalue weighted by Crippen LogP contribution is -2.38. The van der Waals surface area contributed by atoms with Gasteiger partial charge in [-0.1, -0.05) is 23.4 Å². The lowest BCUT2D eigenvalue weighted by atomic mass is 9.80. The van der Waals surface area contributed by atoms with E-state index in [1.807, 2.05) is 36.6 Å². The molecule has 34 heavy (non-hydrogen) atoms. The minimum Gasteiger partial charge on any atom is -0.396 e. The molecule has 0 saturated heterocycles. The molecule has 10 heteroatoms. The molecule has 1 aromatic carbocycles. The van der Waals surface area contributed by atoms with Gasteiger partial charge in [-0.3, -0.25) is 4.79 Å². The van der Waals surface area contributed by atoms with Gasteiger partial charge in [-0.05, 0) is 56.5 Å². The fraction of sp³-hybridized carbons (Fsp3) is 0.375. The van der Waals surface area contributed by atoms with Crippen LogP contribution in [0, 0.1) is 19.8 Å². The monoisotopic (exact) mass is 461 g/mol. The standard InChI is InChI=1S/C24H27N7O3/c1-12-5-4-6-16-9-18(31(24(33)19(12)16)17-7-15(8-17)10-32)13(2)28-22-20(21(25)26-11-27-22)23-29-14(3)30-34-23/h4-6,9,11,13,15,17,32H,7-8,10H2,1-3H3,(H3,25,26,27,28)/t13-,15?,17?/m0/s1. The Hall–Kier alpha value is -3.79. The first-order valence-corrected chi connectivity index (χ1v) is 11.3. The summed E-state index contributed by atoms with van der Waals surface area (Å²) < 4.78 is 7.20. The van der Waals surface area contributed by atoms with Crippen molar-refractivity contribution in [3.05, 3.63) is 58.0 Å². The Morgan fingerprint density at radius 1 is 1.29 bits per heavy atom. The van der Waals surface area contributed by atoms with Crippen LogP contribution < -0.4 is 16.6 Å². The van der Waals surface area contributed by atoms with Gasteiger partial charge in [0, 0.05) is 18.3 Å². The number of aromatic nitrogens is 5. The van der Waals surface area contributed by atoms with Crippen LogP contribution in [0.25, 0.3) is 22.2 Å². The van der Waals surface area contributed by atoms with E-state index in [2.05, 4.69) is 31.5 Å². The lowest BCUT2D eigenvalue weighted by Gasteiger charge is -2.38. The Morgan fingerprint density at radius 3 is 2.79 bits per heavy atom. The minimum absolute atomic E-state index is 0.0180. The molecule has 10 nitrogen and oxygen atoms in total. The van der Waals surface area contributed by atoms with Crippen LogP contribution in [0.4, 0.5) is 11.6 Å². The van der Waals surface area contributed by atoms with Gasteiger partial charge in [0.2, 0.25) is 0 Å². The molecule has 0 aliphatic heterocycles. The largest absolute Gasteiger partial charge is 0.396 e. The summed E-state index contributed by atoms with van der Waals surface area (Å²) in [5, 5.41) is 18.4. The fourth-order valence-corrected chi connectivity index (χ4v) is 4.74. The third-order valence-corrected chi connectivity index (χ3v) is 6.57. The van der Waals surface area contributed by atoms with Crippen molar-refractivity contribution in [3.8, 4) is 11.5 Å². The number of pyridine rings is 1. The molecule has 1 fully saturated rings. The molecule has 1 saturated carbocycles. The van der Waals surface area contributed by atoms with Gasteiger partial charge in [0.15, 0.2) is 5.82 Å². The number of aryl methyl sites for hydroxylation is 2. The fourth-order valence-electron chi connectivity index (χ4n) is 4.74. The zero-order valence-corrected chi connectivity index (χ0v) is 19.3. The zero-order valence-electron chi connectivity index (χ0n) is 19.3. The number of aliphatic hydroxyl groups excluding tert-OH is 1. The quantitative estimate of drug-likeness (QED) is 0.394. The van der Waals surface area contributed by atoms with Crippen LogP contribution in [0.1, 0.15) is 48.9 Å². The molecule has 3 aromatic heterocycles. The van der Waals surface area contributed by atoms with Gasteiger partial charge in [0.25, 0.3) is 11.4 Å². The topological polar surface area (TPSA) is 145 Å². The first-order chi connectivity index (χ1) is 16.4. The molecule has 1 aliphatic carbocycles. The predicted octanol–water partition coefficient (Wildman–Crippen LogP) is 3.16. The second-order valence-corrected chi connectivity index (χ2v) is 8.95. The van der Waals surface area contributed by atoms with Crippen LogP contribution in [-0.2, 0) is 0 Å². The highest BCUT2D eigenvalue weighted by Crippen LogP contribution is 2.39.